The number of anilines is 1. The third-order valence-corrected chi connectivity index (χ3v) is 2.81. The van der Waals surface area contributed by atoms with E-state index in [4.69, 9.17) is 34.8 Å². The third kappa shape index (κ3) is 3.37. The monoisotopic (exact) mass is 273 g/mol. The summed E-state index contributed by atoms with van der Waals surface area (Å²) >= 11 is 17.2. The van der Waals surface area contributed by atoms with Gasteiger partial charge in [0.1, 0.15) is 0 Å². The van der Waals surface area contributed by atoms with Gasteiger partial charge in [0.15, 0.2) is 0 Å². The van der Waals surface area contributed by atoms with E-state index >= 15 is 0 Å². The van der Waals surface area contributed by atoms with Crippen LogP contribution in [0.4, 0.5) is 14.5 Å². The summed E-state index contributed by atoms with van der Waals surface area (Å²) in [6, 6.07) is 1.83. The van der Waals surface area contributed by atoms with Crippen molar-refractivity contribution in [2.75, 3.05) is 5.32 Å². The molecule has 1 atom stereocenters. The Morgan fingerprint density at radius 3 is 2.13 bits per heavy atom. The molecule has 1 aromatic rings. The Morgan fingerprint density at radius 2 is 1.60 bits per heavy atom. The maximum absolute atomic E-state index is 12.3. The standard InChI is InChI=1S/C9H8Cl3F2N/c1-4(9(13)14)15-8-3-6(11)5(10)2-7(8)12/h2-4,9,15H,1H3. The summed E-state index contributed by atoms with van der Waals surface area (Å²) in [5.74, 6) is 0. The molecule has 6 heteroatoms. The zero-order valence-electron chi connectivity index (χ0n) is 7.70. The van der Waals surface area contributed by atoms with Crippen molar-refractivity contribution in [3.8, 4) is 0 Å². The van der Waals surface area contributed by atoms with E-state index in [9.17, 15) is 8.78 Å². The smallest absolute Gasteiger partial charge is 0.258 e. The topological polar surface area (TPSA) is 12.0 Å². The Morgan fingerprint density at radius 1 is 1.07 bits per heavy atom. The van der Waals surface area contributed by atoms with Crippen molar-refractivity contribution in [2.45, 2.75) is 19.4 Å². The predicted molar refractivity (Wildman–Crippen MR) is 60.6 cm³/mol. The minimum atomic E-state index is -2.48. The van der Waals surface area contributed by atoms with E-state index < -0.39 is 12.5 Å². The first-order chi connectivity index (χ1) is 6.91. The van der Waals surface area contributed by atoms with Gasteiger partial charge in [0.2, 0.25) is 0 Å². The van der Waals surface area contributed by atoms with Crippen LogP contribution in [0.15, 0.2) is 12.1 Å². The van der Waals surface area contributed by atoms with Gasteiger partial charge >= 0.3 is 0 Å². The molecular weight excluding hydrogens is 266 g/mol. The zero-order chi connectivity index (χ0) is 11.6. The fourth-order valence-electron chi connectivity index (χ4n) is 0.941. The molecule has 84 valence electrons. The van der Waals surface area contributed by atoms with Crippen LogP contribution in [0, 0.1) is 0 Å². The highest BCUT2D eigenvalue weighted by Crippen LogP contribution is 2.32. The molecule has 0 heterocycles. The number of alkyl halides is 2. The van der Waals surface area contributed by atoms with Gasteiger partial charge in [0.25, 0.3) is 6.43 Å². The Kier molecular flexibility index (Phi) is 4.44. The SMILES string of the molecule is CC(Nc1cc(Cl)c(Cl)cc1Cl)C(F)F. The van der Waals surface area contributed by atoms with E-state index in [2.05, 4.69) is 5.32 Å². The molecule has 1 unspecified atom stereocenters. The molecule has 0 fully saturated rings. The van der Waals surface area contributed by atoms with Crippen molar-refractivity contribution in [3.05, 3.63) is 27.2 Å². The average molecular weight is 275 g/mol. The number of hydrogen-bond acceptors (Lipinski definition) is 1. The number of hydrogen-bond donors (Lipinski definition) is 1. The third-order valence-electron chi connectivity index (χ3n) is 1.77. The van der Waals surface area contributed by atoms with Crippen LogP contribution in [0.2, 0.25) is 15.1 Å². The van der Waals surface area contributed by atoms with Crippen molar-refractivity contribution in [2.24, 2.45) is 0 Å². The molecule has 0 aliphatic rings. The lowest BCUT2D eigenvalue weighted by Crippen LogP contribution is -2.23. The van der Waals surface area contributed by atoms with E-state index in [1.54, 1.807) is 0 Å². The van der Waals surface area contributed by atoms with Gasteiger partial charge in [-0.1, -0.05) is 34.8 Å². The Labute approximate surface area is 101 Å². The minimum absolute atomic E-state index is 0.261. The molecule has 0 aromatic heterocycles. The quantitative estimate of drug-likeness (QED) is 0.787. The molecule has 0 bridgehead atoms. The number of nitrogens with one attached hydrogen (secondary N) is 1. The molecule has 0 radical (unpaired) electrons. The number of benzene rings is 1. The molecule has 1 aromatic carbocycles. The van der Waals surface area contributed by atoms with Crippen LogP contribution in [0.1, 0.15) is 6.92 Å². The van der Waals surface area contributed by atoms with E-state index in [1.807, 2.05) is 0 Å². The Balaban J connectivity index is 2.91. The summed E-state index contributed by atoms with van der Waals surface area (Å²) < 4.78 is 24.5. The molecule has 0 spiro atoms. The summed E-state index contributed by atoms with van der Waals surface area (Å²) in [5, 5.41) is 3.37. The molecule has 0 saturated heterocycles. The first kappa shape index (κ1) is 12.8. The lowest BCUT2D eigenvalue weighted by atomic mass is 10.2. The molecule has 0 saturated carbocycles. The van der Waals surface area contributed by atoms with Crippen LogP contribution < -0.4 is 5.32 Å². The Bertz CT molecular complexity index is 357. The first-order valence-corrected chi connectivity index (χ1v) is 5.24. The van der Waals surface area contributed by atoms with Gasteiger partial charge in [0.05, 0.1) is 26.8 Å². The first-order valence-electron chi connectivity index (χ1n) is 4.11. The highest BCUT2D eigenvalue weighted by atomic mass is 35.5. The van der Waals surface area contributed by atoms with E-state index in [1.165, 1.54) is 19.1 Å². The average Bonchev–Trinajstić information content (AvgIpc) is 2.13. The van der Waals surface area contributed by atoms with Crippen molar-refractivity contribution >= 4 is 40.5 Å². The van der Waals surface area contributed by atoms with Crippen LogP contribution in [0.25, 0.3) is 0 Å². The normalized spacial score (nSPS) is 13.0. The minimum Gasteiger partial charge on any atom is -0.376 e. The van der Waals surface area contributed by atoms with Crippen LogP contribution >= 0.6 is 34.8 Å². The van der Waals surface area contributed by atoms with Crippen LogP contribution in [0.3, 0.4) is 0 Å². The van der Waals surface area contributed by atoms with Crippen LogP contribution in [0.5, 0.6) is 0 Å². The van der Waals surface area contributed by atoms with Crippen molar-refractivity contribution in [3.63, 3.8) is 0 Å². The van der Waals surface area contributed by atoms with Gasteiger partial charge in [0, 0.05) is 0 Å². The van der Waals surface area contributed by atoms with Crippen LogP contribution in [-0.4, -0.2) is 12.5 Å². The molecule has 1 N–H and O–H groups in total. The molecule has 0 aliphatic carbocycles. The molecule has 1 rings (SSSR count). The second-order valence-electron chi connectivity index (χ2n) is 3.01. The van der Waals surface area contributed by atoms with E-state index in [0.29, 0.717) is 5.69 Å². The fourth-order valence-corrected chi connectivity index (χ4v) is 1.54. The summed E-state index contributed by atoms with van der Waals surface area (Å²) in [7, 11) is 0. The zero-order valence-corrected chi connectivity index (χ0v) is 9.97. The van der Waals surface area contributed by atoms with Gasteiger partial charge in [-0.3, -0.25) is 0 Å². The maximum Gasteiger partial charge on any atom is 0.258 e. The highest BCUT2D eigenvalue weighted by molar-refractivity contribution is 6.44. The fraction of sp³-hybridized carbons (Fsp3) is 0.333. The van der Waals surface area contributed by atoms with E-state index in [0.717, 1.165) is 0 Å². The predicted octanol–water partition coefficient (Wildman–Crippen LogP) is 4.71. The van der Waals surface area contributed by atoms with Crippen LogP contribution in [-0.2, 0) is 0 Å². The van der Waals surface area contributed by atoms with Gasteiger partial charge in [-0.05, 0) is 19.1 Å². The van der Waals surface area contributed by atoms with Gasteiger partial charge in [-0.15, -0.1) is 0 Å². The lowest BCUT2D eigenvalue weighted by Gasteiger charge is -2.15. The summed E-state index contributed by atoms with van der Waals surface area (Å²) in [5.41, 5.74) is 0.346. The summed E-state index contributed by atoms with van der Waals surface area (Å²) in [6.45, 7) is 1.35. The van der Waals surface area contributed by atoms with Gasteiger partial charge < -0.3 is 5.32 Å². The van der Waals surface area contributed by atoms with Crippen molar-refractivity contribution < 1.29 is 8.78 Å². The molecule has 15 heavy (non-hydrogen) atoms. The Hall–Kier alpha value is -0.250. The largest absolute Gasteiger partial charge is 0.376 e. The van der Waals surface area contributed by atoms with Gasteiger partial charge in [-0.2, -0.15) is 0 Å². The second-order valence-corrected chi connectivity index (χ2v) is 4.24. The molecule has 0 aliphatic heterocycles. The lowest BCUT2D eigenvalue weighted by molar-refractivity contribution is 0.131. The molecule has 0 amide bonds. The maximum atomic E-state index is 12.3. The summed E-state index contributed by atoms with van der Waals surface area (Å²) in [6.07, 6.45) is -2.48. The highest BCUT2D eigenvalue weighted by Gasteiger charge is 2.16. The van der Waals surface area contributed by atoms with Crippen molar-refractivity contribution in [1.82, 2.24) is 0 Å². The number of rotatable bonds is 3. The summed E-state index contributed by atoms with van der Waals surface area (Å²) in [4.78, 5) is 0. The van der Waals surface area contributed by atoms with Crippen molar-refractivity contribution in [1.29, 1.82) is 0 Å². The van der Waals surface area contributed by atoms with Gasteiger partial charge in [-0.25, -0.2) is 8.78 Å². The molecule has 1 nitrogen and oxygen atoms in total. The number of halogens is 5. The molecular formula is C9H8Cl3F2N. The van der Waals surface area contributed by atoms with E-state index in [-0.39, 0.29) is 15.1 Å². The second kappa shape index (κ2) is 5.19.